The van der Waals surface area contributed by atoms with Crippen LogP contribution in [0.25, 0.3) is 10.8 Å². The number of nitrogens with one attached hydrogen (secondary N) is 1. The third-order valence-electron chi connectivity index (χ3n) is 5.05. The molecule has 3 N–H and O–H groups in total. The predicted molar refractivity (Wildman–Crippen MR) is 148 cm³/mol. The molecule has 0 spiro atoms. The Morgan fingerprint density at radius 3 is 2.23 bits per heavy atom. The van der Waals surface area contributed by atoms with Crippen LogP contribution >= 0.6 is 34.8 Å². The first-order valence-electron chi connectivity index (χ1n) is 10.9. The number of ether oxygens (including phenoxy) is 1. The van der Waals surface area contributed by atoms with E-state index in [9.17, 15) is 26.5 Å². The molecule has 0 saturated carbocycles. The Morgan fingerprint density at radius 1 is 0.930 bits per heavy atom. The van der Waals surface area contributed by atoms with Gasteiger partial charge in [0.2, 0.25) is 5.28 Å². The van der Waals surface area contributed by atoms with Gasteiger partial charge in [0.15, 0.2) is 16.7 Å². The van der Waals surface area contributed by atoms with Crippen molar-refractivity contribution in [1.82, 2.24) is 9.97 Å². The molecule has 0 aliphatic heterocycles. The Balaban J connectivity index is 0.00000323. The fraction of sp³-hybridized carbons (Fsp3) is 0.0909. The molecule has 0 unspecified atom stereocenters. The van der Waals surface area contributed by atoms with E-state index in [1.165, 1.54) is 42.5 Å². The summed E-state index contributed by atoms with van der Waals surface area (Å²) in [6.45, 7) is -0.621. The second kappa shape index (κ2) is 15.8. The summed E-state index contributed by atoms with van der Waals surface area (Å²) in [5, 5.41) is 21.4. The number of benzene rings is 3. The van der Waals surface area contributed by atoms with Gasteiger partial charge in [-0.25, -0.2) is 17.6 Å². The normalized spacial score (nSPS) is 11.7. The summed E-state index contributed by atoms with van der Waals surface area (Å²) in [5.74, 6) is -0.265. The number of hydrogen-bond donors (Lipinski definition) is 3. The van der Waals surface area contributed by atoms with Crippen LogP contribution in [-0.2, 0) is 24.7 Å². The predicted octanol–water partition coefficient (Wildman–Crippen LogP) is -0.435. The Kier molecular flexibility index (Phi) is 13.9. The van der Waals surface area contributed by atoms with Crippen molar-refractivity contribution in [2.75, 3.05) is 18.5 Å². The van der Waals surface area contributed by atoms with Crippen LogP contribution in [0, 0.1) is 0 Å². The smallest absolute Gasteiger partial charge is 0.744 e. The summed E-state index contributed by atoms with van der Waals surface area (Å²) >= 11 is 17.8. The summed E-state index contributed by atoms with van der Waals surface area (Å²) in [7, 11) is -9.71. The van der Waals surface area contributed by atoms with Crippen molar-refractivity contribution in [2.24, 2.45) is 10.2 Å². The van der Waals surface area contributed by atoms with Gasteiger partial charge in [-0.15, -0.1) is 5.11 Å². The van der Waals surface area contributed by atoms with E-state index in [0.717, 1.165) is 6.07 Å². The van der Waals surface area contributed by atoms with Crippen LogP contribution in [0.15, 0.2) is 63.7 Å². The Morgan fingerprint density at radius 2 is 1.60 bits per heavy atom. The van der Waals surface area contributed by atoms with Gasteiger partial charge >= 0.3 is 69.5 Å². The van der Waals surface area contributed by atoms with Gasteiger partial charge in [-0.1, -0.05) is 23.2 Å². The fourth-order valence-electron chi connectivity index (χ4n) is 3.35. The SMILES string of the molecule is O=S(=O)(O)OCCOc1ccc(N=Nc2c(S(=O)(=O)[O-])cc3cc(Nc4nc(Cl)nc(Cl)c4Cl)ccc3c2O)cc1.[Na+].[Na+]. The van der Waals surface area contributed by atoms with E-state index in [-0.39, 0.29) is 109 Å². The molecule has 0 aliphatic carbocycles. The van der Waals surface area contributed by atoms with E-state index in [1.54, 1.807) is 0 Å². The number of rotatable bonds is 10. The number of aromatic nitrogens is 2. The van der Waals surface area contributed by atoms with Gasteiger partial charge in [-0.05, 0) is 65.5 Å². The Bertz CT molecular complexity index is 1890. The van der Waals surface area contributed by atoms with Crippen LogP contribution < -0.4 is 69.2 Å². The van der Waals surface area contributed by atoms with Gasteiger partial charge in [-0.2, -0.15) is 18.5 Å². The van der Waals surface area contributed by atoms with Gasteiger partial charge < -0.3 is 19.7 Å². The Labute approximate surface area is 304 Å². The number of fused-ring (bicyclic) bond motifs is 1. The summed E-state index contributed by atoms with van der Waals surface area (Å²) in [4.78, 5) is 6.83. The first-order chi connectivity index (χ1) is 19.2. The van der Waals surface area contributed by atoms with E-state index in [4.69, 9.17) is 44.1 Å². The van der Waals surface area contributed by atoms with Gasteiger partial charge in [0.05, 0.1) is 10.6 Å². The molecule has 43 heavy (non-hydrogen) atoms. The summed E-state index contributed by atoms with van der Waals surface area (Å²) < 4.78 is 75.2. The average Bonchev–Trinajstić information content (AvgIpc) is 2.88. The number of aromatic hydroxyl groups is 1. The van der Waals surface area contributed by atoms with Crippen molar-refractivity contribution in [3.8, 4) is 11.5 Å². The van der Waals surface area contributed by atoms with Crippen LogP contribution in [0.2, 0.25) is 15.5 Å². The summed E-state index contributed by atoms with van der Waals surface area (Å²) in [5.41, 5.74) is -0.0488. The number of azo groups is 1. The molecule has 0 radical (unpaired) electrons. The maximum absolute atomic E-state index is 12.1. The molecule has 4 rings (SSSR count). The van der Waals surface area contributed by atoms with E-state index < -0.39 is 43.5 Å². The third kappa shape index (κ3) is 10.3. The molecule has 14 nitrogen and oxygen atoms in total. The minimum atomic E-state index is -5.12. The number of anilines is 2. The van der Waals surface area contributed by atoms with E-state index >= 15 is 0 Å². The standard InChI is InChI=1S/C22H16Cl3N5O9S2.2Na/c23-17-20(24)27-22(25)28-21(17)26-13-3-6-15-11(9-13)10-16(40(32,33)34)18(19(15)31)30-29-12-1-4-14(5-2-12)38-7-8-39-41(35,36)37;;/h1-6,9-10,31H,7-8H2,(H,26,27,28)(H,32,33,34)(H,35,36,37);;/q;2*+1/p-1. The number of phenolic OH excluding ortho intramolecular Hbond substituents is 1. The molecule has 216 valence electrons. The average molecular weight is 710 g/mol. The molecule has 0 bridgehead atoms. The fourth-order valence-corrected chi connectivity index (χ4v) is 4.78. The van der Waals surface area contributed by atoms with Gasteiger partial charge in [0, 0.05) is 11.1 Å². The molecular weight excluding hydrogens is 695 g/mol. The largest absolute Gasteiger partial charge is 1.00 e. The zero-order valence-corrected chi connectivity index (χ0v) is 29.9. The van der Waals surface area contributed by atoms with Gasteiger partial charge in [-0.3, -0.25) is 4.55 Å². The minimum absolute atomic E-state index is 0. The van der Waals surface area contributed by atoms with Crippen LogP contribution in [0.5, 0.6) is 11.5 Å². The molecule has 1 heterocycles. The van der Waals surface area contributed by atoms with Crippen LogP contribution in [0.1, 0.15) is 0 Å². The molecule has 0 atom stereocenters. The maximum atomic E-state index is 12.1. The molecule has 0 fully saturated rings. The van der Waals surface area contributed by atoms with Crippen molar-refractivity contribution in [2.45, 2.75) is 4.90 Å². The van der Waals surface area contributed by atoms with Crippen LogP contribution in [0.3, 0.4) is 0 Å². The zero-order chi connectivity index (χ0) is 29.9. The van der Waals surface area contributed by atoms with E-state index in [1.807, 2.05) is 0 Å². The number of halogens is 3. The first-order valence-corrected chi connectivity index (χ1v) is 14.8. The number of hydrogen-bond acceptors (Lipinski definition) is 13. The van der Waals surface area contributed by atoms with Crippen molar-refractivity contribution < 1.29 is 99.1 Å². The molecular formula is C22H15Cl3N5Na2O9S2+. The second-order valence-electron chi connectivity index (χ2n) is 7.83. The molecule has 3 aromatic carbocycles. The summed E-state index contributed by atoms with van der Waals surface area (Å²) in [6, 6.07) is 11.1. The minimum Gasteiger partial charge on any atom is -0.744 e. The van der Waals surface area contributed by atoms with Crippen molar-refractivity contribution >= 4 is 89.0 Å². The molecule has 21 heteroatoms. The molecule has 4 aromatic rings. The Hall–Kier alpha value is -1.35. The topological polar surface area (TPSA) is 213 Å². The van der Waals surface area contributed by atoms with Crippen molar-refractivity contribution in [3.63, 3.8) is 0 Å². The quantitative estimate of drug-likeness (QED) is 0.0478. The molecule has 0 aliphatic rings. The third-order valence-corrected chi connectivity index (χ3v) is 7.26. The van der Waals surface area contributed by atoms with Crippen LogP contribution in [0.4, 0.5) is 22.9 Å². The first kappa shape index (κ1) is 37.8. The second-order valence-corrected chi connectivity index (χ2v) is 11.3. The van der Waals surface area contributed by atoms with E-state index in [2.05, 4.69) is 29.7 Å². The van der Waals surface area contributed by atoms with Gasteiger partial charge in [0.1, 0.15) is 39.8 Å². The summed E-state index contributed by atoms with van der Waals surface area (Å²) in [6.07, 6.45) is 0. The number of nitrogens with zero attached hydrogens (tertiary/aromatic N) is 4. The molecule has 1 aromatic heterocycles. The number of phenols is 1. The van der Waals surface area contributed by atoms with Crippen molar-refractivity contribution in [1.29, 1.82) is 0 Å². The zero-order valence-electron chi connectivity index (χ0n) is 22.0. The molecule has 0 saturated heterocycles. The maximum Gasteiger partial charge on any atom is 1.00 e. The van der Waals surface area contributed by atoms with Gasteiger partial charge in [0.25, 0.3) is 0 Å². The van der Waals surface area contributed by atoms with E-state index in [0.29, 0.717) is 5.69 Å². The van der Waals surface area contributed by atoms with Crippen LogP contribution in [-0.4, -0.2) is 54.2 Å². The molecule has 0 amide bonds. The van der Waals surface area contributed by atoms with Crippen molar-refractivity contribution in [3.05, 3.63) is 64.0 Å². The monoisotopic (exact) mass is 708 g/mol.